The molecule has 3 heterocycles. The lowest BCUT2D eigenvalue weighted by atomic mass is 10.1. The molecule has 1 unspecified atom stereocenters. The number of aromatic amines is 1. The van der Waals surface area contributed by atoms with Crippen molar-refractivity contribution in [3.8, 4) is 5.88 Å². The highest BCUT2D eigenvalue weighted by atomic mass is 32.1. The highest BCUT2D eigenvalue weighted by Gasteiger charge is 2.22. The Hall–Kier alpha value is -2.22. The molecule has 0 aromatic carbocycles. The van der Waals surface area contributed by atoms with Gasteiger partial charge in [0, 0.05) is 5.56 Å². The van der Waals surface area contributed by atoms with Gasteiger partial charge in [-0.3, -0.25) is 4.57 Å². The fraction of sp³-hybridized carbons (Fsp3) is 0.385. The van der Waals surface area contributed by atoms with E-state index in [9.17, 15) is 0 Å². The lowest BCUT2D eigenvalue weighted by Crippen LogP contribution is -2.09. The zero-order valence-corrected chi connectivity index (χ0v) is 13.0. The van der Waals surface area contributed by atoms with E-state index in [1.165, 1.54) is 6.33 Å². The zero-order chi connectivity index (χ0) is 15.1. The van der Waals surface area contributed by atoms with Crippen LogP contribution in [0.25, 0.3) is 11.2 Å². The molecule has 0 radical (unpaired) electrons. The molecule has 3 aromatic rings. The van der Waals surface area contributed by atoms with E-state index in [2.05, 4.69) is 20.1 Å². The van der Waals surface area contributed by atoms with Crippen molar-refractivity contribution in [1.82, 2.24) is 24.7 Å². The van der Waals surface area contributed by atoms with Crippen LogP contribution in [0.2, 0.25) is 0 Å². The maximum Gasteiger partial charge on any atom is 0.242 e. The van der Waals surface area contributed by atoms with Gasteiger partial charge in [0.1, 0.15) is 17.6 Å². The summed E-state index contributed by atoms with van der Waals surface area (Å²) in [6, 6.07) is -0.0582. The van der Waals surface area contributed by atoms with Gasteiger partial charge in [0.15, 0.2) is 10.4 Å². The van der Waals surface area contributed by atoms with Crippen molar-refractivity contribution in [3.05, 3.63) is 28.1 Å². The summed E-state index contributed by atoms with van der Waals surface area (Å²) in [6.45, 7) is 5.83. The average molecular weight is 305 g/mol. The molecule has 0 spiro atoms. The first kappa shape index (κ1) is 13.7. The number of rotatable bonds is 3. The van der Waals surface area contributed by atoms with Crippen LogP contribution in [0.3, 0.4) is 0 Å². The Bertz CT molecular complexity index is 844. The summed E-state index contributed by atoms with van der Waals surface area (Å²) in [4.78, 5) is 11.5. The molecule has 0 bridgehead atoms. The quantitative estimate of drug-likeness (QED) is 0.749. The minimum atomic E-state index is -0.0582. The summed E-state index contributed by atoms with van der Waals surface area (Å²) in [5, 5.41) is 4.00. The topological polar surface area (TPSA) is 81.8 Å². The second-order valence-electron chi connectivity index (χ2n) is 4.80. The first-order chi connectivity index (χ1) is 10.0. The number of aryl methyl sites for hydroxylation is 2. The smallest absolute Gasteiger partial charge is 0.242 e. The average Bonchev–Trinajstić information content (AvgIpc) is 2.97. The second-order valence-corrected chi connectivity index (χ2v) is 5.18. The van der Waals surface area contributed by atoms with E-state index in [-0.39, 0.29) is 6.04 Å². The van der Waals surface area contributed by atoms with Gasteiger partial charge in [0.2, 0.25) is 5.88 Å². The van der Waals surface area contributed by atoms with Crippen molar-refractivity contribution in [3.63, 3.8) is 0 Å². The summed E-state index contributed by atoms with van der Waals surface area (Å²) < 4.78 is 13.0. The number of aromatic nitrogens is 5. The van der Waals surface area contributed by atoms with Crippen LogP contribution in [-0.4, -0.2) is 31.8 Å². The standard InChI is InChI=1S/C13H15N5O2S/c1-6-9(8(3)20-17-6)7(2)18-11-10(16-13(18)21)12(19-4)15-5-14-11/h5,7H,1-4H3,(H,16,21). The fourth-order valence-electron chi connectivity index (χ4n) is 2.65. The van der Waals surface area contributed by atoms with Crippen molar-refractivity contribution in [1.29, 1.82) is 0 Å². The Morgan fingerprint density at radius 1 is 1.38 bits per heavy atom. The van der Waals surface area contributed by atoms with Crippen LogP contribution in [-0.2, 0) is 0 Å². The second kappa shape index (κ2) is 4.96. The third-order valence-corrected chi connectivity index (χ3v) is 3.86. The molecule has 0 aliphatic carbocycles. The molecular weight excluding hydrogens is 290 g/mol. The minimum Gasteiger partial charge on any atom is -0.479 e. The van der Waals surface area contributed by atoms with Crippen molar-refractivity contribution < 1.29 is 9.26 Å². The number of methoxy groups -OCH3 is 1. The fourth-order valence-corrected chi connectivity index (χ4v) is 2.99. The lowest BCUT2D eigenvalue weighted by Gasteiger charge is -2.13. The predicted molar refractivity (Wildman–Crippen MR) is 79.1 cm³/mol. The highest BCUT2D eigenvalue weighted by Crippen LogP contribution is 2.29. The van der Waals surface area contributed by atoms with Gasteiger partial charge >= 0.3 is 0 Å². The van der Waals surface area contributed by atoms with Gasteiger partial charge in [-0.05, 0) is 33.0 Å². The number of imidazole rings is 1. The predicted octanol–water partition coefficient (Wildman–Crippen LogP) is 2.71. The molecule has 21 heavy (non-hydrogen) atoms. The van der Waals surface area contributed by atoms with Gasteiger partial charge in [-0.15, -0.1) is 0 Å². The Kier molecular flexibility index (Phi) is 3.25. The van der Waals surface area contributed by atoms with Crippen molar-refractivity contribution >= 4 is 23.4 Å². The molecule has 0 amide bonds. The summed E-state index contributed by atoms with van der Waals surface area (Å²) >= 11 is 5.43. The number of hydrogen-bond acceptors (Lipinski definition) is 6. The lowest BCUT2D eigenvalue weighted by molar-refractivity contribution is 0.391. The maximum atomic E-state index is 5.43. The number of ether oxygens (including phenoxy) is 1. The SMILES string of the molecule is COc1ncnc2c1[nH]c(=S)n2C(C)c1c(C)noc1C. The van der Waals surface area contributed by atoms with Crippen LogP contribution in [0, 0.1) is 18.6 Å². The van der Waals surface area contributed by atoms with E-state index in [4.69, 9.17) is 21.5 Å². The van der Waals surface area contributed by atoms with Crippen LogP contribution in [0.1, 0.15) is 30.0 Å². The van der Waals surface area contributed by atoms with E-state index in [0.717, 1.165) is 17.0 Å². The van der Waals surface area contributed by atoms with E-state index in [0.29, 0.717) is 21.8 Å². The minimum absolute atomic E-state index is 0.0582. The molecule has 110 valence electrons. The van der Waals surface area contributed by atoms with Gasteiger partial charge < -0.3 is 14.2 Å². The first-order valence-electron chi connectivity index (χ1n) is 6.46. The van der Waals surface area contributed by atoms with Gasteiger partial charge in [-0.1, -0.05) is 5.16 Å². The third kappa shape index (κ3) is 2.02. The van der Waals surface area contributed by atoms with Gasteiger partial charge in [0.25, 0.3) is 0 Å². The van der Waals surface area contributed by atoms with Crippen LogP contribution < -0.4 is 4.74 Å². The first-order valence-corrected chi connectivity index (χ1v) is 6.87. The number of nitrogens with zero attached hydrogens (tertiary/aromatic N) is 4. The van der Waals surface area contributed by atoms with E-state index >= 15 is 0 Å². The van der Waals surface area contributed by atoms with Gasteiger partial charge in [-0.25, -0.2) is 4.98 Å². The largest absolute Gasteiger partial charge is 0.479 e. The Morgan fingerprint density at radius 3 is 2.76 bits per heavy atom. The maximum absolute atomic E-state index is 5.43. The van der Waals surface area contributed by atoms with E-state index in [1.54, 1.807) is 7.11 Å². The Labute approximate surface area is 126 Å². The number of H-pyrrole nitrogens is 1. The molecule has 0 saturated carbocycles. The Balaban J connectivity index is 2.26. The van der Waals surface area contributed by atoms with Crippen LogP contribution >= 0.6 is 12.2 Å². The van der Waals surface area contributed by atoms with Crippen molar-refractivity contribution in [2.24, 2.45) is 0 Å². The molecule has 7 nitrogen and oxygen atoms in total. The van der Waals surface area contributed by atoms with Crippen LogP contribution in [0.15, 0.2) is 10.9 Å². The number of fused-ring (bicyclic) bond motifs is 1. The molecule has 1 N–H and O–H groups in total. The van der Waals surface area contributed by atoms with Crippen molar-refractivity contribution in [2.45, 2.75) is 26.8 Å². The molecular formula is C13H15N5O2S. The molecule has 3 aromatic heterocycles. The van der Waals surface area contributed by atoms with Gasteiger partial charge in [-0.2, -0.15) is 4.98 Å². The van der Waals surface area contributed by atoms with Gasteiger partial charge in [0.05, 0.1) is 18.8 Å². The van der Waals surface area contributed by atoms with Crippen molar-refractivity contribution in [2.75, 3.05) is 7.11 Å². The molecule has 0 fully saturated rings. The molecule has 0 saturated heterocycles. The molecule has 1 atom stereocenters. The zero-order valence-electron chi connectivity index (χ0n) is 12.2. The summed E-state index contributed by atoms with van der Waals surface area (Å²) in [6.07, 6.45) is 1.46. The molecule has 0 aliphatic rings. The normalized spacial score (nSPS) is 12.8. The summed E-state index contributed by atoms with van der Waals surface area (Å²) in [5.41, 5.74) is 3.23. The number of nitrogens with one attached hydrogen (secondary N) is 1. The number of hydrogen-bond donors (Lipinski definition) is 1. The summed E-state index contributed by atoms with van der Waals surface area (Å²) in [7, 11) is 1.56. The van der Waals surface area contributed by atoms with Crippen LogP contribution in [0.4, 0.5) is 0 Å². The third-order valence-electron chi connectivity index (χ3n) is 3.56. The van der Waals surface area contributed by atoms with Crippen LogP contribution in [0.5, 0.6) is 5.88 Å². The monoisotopic (exact) mass is 305 g/mol. The van der Waals surface area contributed by atoms with E-state index in [1.807, 2.05) is 25.3 Å². The molecule has 0 aliphatic heterocycles. The molecule has 3 rings (SSSR count). The van der Waals surface area contributed by atoms with E-state index < -0.39 is 0 Å². The Morgan fingerprint density at radius 2 is 2.14 bits per heavy atom. The summed E-state index contributed by atoms with van der Waals surface area (Å²) in [5.74, 6) is 1.24. The molecule has 8 heteroatoms. The highest BCUT2D eigenvalue weighted by molar-refractivity contribution is 7.71.